The third-order valence-electron chi connectivity index (χ3n) is 7.05. The molecule has 0 fully saturated rings. The number of nitrogens with zero attached hydrogens (tertiary/aromatic N) is 1. The van der Waals surface area contributed by atoms with E-state index in [0.717, 1.165) is 17.7 Å². The fourth-order valence-corrected chi connectivity index (χ4v) is 5.15. The van der Waals surface area contributed by atoms with Gasteiger partial charge in [0.1, 0.15) is 12.2 Å². The molecule has 5 aromatic rings. The maximum atomic E-state index is 13.8. The van der Waals surface area contributed by atoms with Gasteiger partial charge in [0.2, 0.25) is 5.76 Å². The Bertz CT molecular complexity index is 1850. The van der Waals surface area contributed by atoms with Gasteiger partial charge in [-0.3, -0.25) is 14.5 Å². The van der Waals surface area contributed by atoms with Crippen molar-refractivity contribution in [3.05, 3.63) is 135 Å². The number of amides is 1. The van der Waals surface area contributed by atoms with Gasteiger partial charge < -0.3 is 13.9 Å². The van der Waals surface area contributed by atoms with Crippen LogP contribution in [0.2, 0.25) is 0 Å². The van der Waals surface area contributed by atoms with Crippen LogP contribution in [-0.2, 0) is 12.8 Å². The monoisotopic (exact) mass is 571 g/mol. The van der Waals surface area contributed by atoms with Gasteiger partial charge in [0.15, 0.2) is 16.9 Å². The van der Waals surface area contributed by atoms with Crippen molar-refractivity contribution in [1.82, 2.24) is 0 Å². The molecular formula is C33H24F3NO5. The molecule has 0 aliphatic carbocycles. The summed E-state index contributed by atoms with van der Waals surface area (Å²) in [5, 5.41) is 0.257. The molecule has 1 aliphatic rings. The Morgan fingerprint density at radius 2 is 1.60 bits per heavy atom. The predicted molar refractivity (Wildman–Crippen MR) is 151 cm³/mol. The van der Waals surface area contributed by atoms with Gasteiger partial charge in [0.05, 0.1) is 29.2 Å². The first kappa shape index (κ1) is 27.1. The molecule has 9 heteroatoms. The topological polar surface area (TPSA) is 69.0 Å². The minimum atomic E-state index is -4.64. The van der Waals surface area contributed by atoms with E-state index in [4.69, 9.17) is 13.9 Å². The number of benzene rings is 4. The lowest BCUT2D eigenvalue weighted by Gasteiger charge is -2.26. The van der Waals surface area contributed by atoms with Gasteiger partial charge in [-0.15, -0.1) is 0 Å². The summed E-state index contributed by atoms with van der Waals surface area (Å²) < 4.78 is 58.8. The van der Waals surface area contributed by atoms with E-state index in [1.807, 2.05) is 30.3 Å². The largest absolute Gasteiger partial charge is 0.490 e. The van der Waals surface area contributed by atoms with Crippen molar-refractivity contribution >= 4 is 22.6 Å². The minimum Gasteiger partial charge on any atom is -0.490 e. The molecule has 0 radical (unpaired) electrons. The zero-order valence-corrected chi connectivity index (χ0v) is 22.4. The van der Waals surface area contributed by atoms with Crippen molar-refractivity contribution in [3.8, 4) is 11.5 Å². The molecule has 212 valence electrons. The Labute approximate surface area is 238 Å². The fourth-order valence-electron chi connectivity index (χ4n) is 5.15. The molecule has 4 aromatic carbocycles. The number of carbonyl (C=O) groups is 1. The Kier molecular flexibility index (Phi) is 6.94. The normalized spacial score (nSPS) is 14.7. The van der Waals surface area contributed by atoms with Crippen molar-refractivity contribution < 1.29 is 31.9 Å². The first-order chi connectivity index (χ1) is 20.3. The van der Waals surface area contributed by atoms with Crippen LogP contribution < -0.4 is 19.8 Å². The molecule has 2 heterocycles. The number of rotatable bonds is 7. The van der Waals surface area contributed by atoms with E-state index in [1.54, 1.807) is 49.4 Å². The molecule has 6 nitrogen and oxygen atoms in total. The van der Waals surface area contributed by atoms with Crippen LogP contribution in [0.3, 0.4) is 0 Å². The number of para-hydroxylation sites is 1. The van der Waals surface area contributed by atoms with Gasteiger partial charge in [0, 0.05) is 5.69 Å². The number of alkyl halides is 3. The lowest BCUT2D eigenvalue weighted by Crippen LogP contribution is -2.29. The van der Waals surface area contributed by atoms with Crippen LogP contribution in [0.4, 0.5) is 18.9 Å². The number of carbonyl (C=O) groups excluding carboxylic acids is 1. The highest BCUT2D eigenvalue weighted by Gasteiger charge is 2.44. The van der Waals surface area contributed by atoms with E-state index >= 15 is 0 Å². The molecule has 0 spiro atoms. The summed E-state index contributed by atoms with van der Waals surface area (Å²) in [5.74, 6) is -0.144. The summed E-state index contributed by atoms with van der Waals surface area (Å²) in [6, 6.07) is 24.4. The number of hydrogen-bond donors (Lipinski definition) is 0. The molecule has 0 bridgehead atoms. The highest BCUT2D eigenvalue weighted by molar-refractivity contribution is 6.10. The molecule has 1 unspecified atom stereocenters. The van der Waals surface area contributed by atoms with Crippen LogP contribution in [0.25, 0.3) is 11.0 Å². The number of ether oxygens (including phenoxy) is 2. The summed E-state index contributed by atoms with van der Waals surface area (Å²) in [6.07, 6.45) is -4.64. The van der Waals surface area contributed by atoms with Crippen LogP contribution in [0.5, 0.6) is 11.5 Å². The predicted octanol–water partition coefficient (Wildman–Crippen LogP) is 7.54. The molecule has 1 aromatic heterocycles. The molecular weight excluding hydrogens is 547 g/mol. The number of fused-ring (bicyclic) bond motifs is 2. The van der Waals surface area contributed by atoms with Gasteiger partial charge in [-0.2, -0.15) is 13.2 Å². The SMILES string of the molecule is CCOc1cc(C2c3c(oc4ccccc4c3=O)C(=O)N2c2cccc(C(F)(F)F)c2)ccc1OCc1ccccc1. The molecule has 0 saturated heterocycles. The van der Waals surface area contributed by atoms with Crippen LogP contribution >= 0.6 is 0 Å². The Morgan fingerprint density at radius 1 is 0.833 bits per heavy atom. The standard InChI is InChI=1S/C33H24F3NO5/c1-2-40-27-17-21(15-16-26(27)41-19-20-9-4-3-5-10-20)29-28-30(38)24-13-6-7-14-25(24)42-31(28)32(39)37(29)23-12-8-11-22(18-23)33(34,35)36/h3-18,29H,2,19H2,1H3. The zero-order valence-electron chi connectivity index (χ0n) is 22.4. The second kappa shape index (κ2) is 10.7. The average Bonchev–Trinajstić information content (AvgIpc) is 3.29. The Hall–Kier alpha value is -5.05. The van der Waals surface area contributed by atoms with Crippen LogP contribution in [-0.4, -0.2) is 12.5 Å². The van der Waals surface area contributed by atoms with Crippen molar-refractivity contribution in [2.24, 2.45) is 0 Å². The highest BCUT2D eigenvalue weighted by Crippen LogP contribution is 2.44. The van der Waals surface area contributed by atoms with E-state index in [0.29, 0.717) is 23.7 Å². The Morgan fingerprint density at radius 3 is 2.36 bits per heavy atom. The lowest BCUT2D eigenvalue weighted by molar-refractivity contribution is -0.137. The van der Waals surface area contributed by atoms with E-state index in [-0.39, 0.29) is 34.6 Å². The van der Waals surface area contributed by atoms with Gasteiger partial charge in [-0.25, -0.2) is 0 Å². The number of anilines is 1. The van der Waals surface area contributed by atoms with Crippen molar-refractivity contribution in [1.29, 1.82) is 0 Å². The average molecular weight is 572 g/mol. The fraction of sp³-hybridized carbons (Fsp3) is 0.152. The summed E-state index contributed by atoms with van der Waals surface area (Å²) in [5.41, 5.74) is 0.235. The second-order valence-corrected chi connectivity index (χ2v) is 9.71. The first-order valence-corrected chi connectivity index (χ1v) is 13.3. The van der Waals surface area contributed by atoms with Gasteiger partial charge in [-0.1, -0.05) is 54.6 Å². The third kappa shape index (κ3) is 4.87. The maximum Gasteiger partial charge on any atom is 0.416 e. The van der Waals surface area contributed by atoms with E-state index < -0.39 is 29.1 Å². The highest BCUT2D eigenvalue weighted by atomic mass is 19.4. The van der Waals surface area contributed by atoms with Crippen molar-refractivity contribution in [2.45, 2.75) is 25.7 Å². The molecule has 0 saturated carbocycles. The number of hydrogen-bond acceptors (Lipinski definition) is 5. The molecule has 1 aliphatic heterocycles. The lowest BCUT2D eigenvalue weighted by atomic mass is 9.97. The second-order valence-electron chi connectivity index (χ2n) is 9.71. The van der Waals surface area contributed by atoms with Crippen LogP contribution in [0.1, 0.15) is 45.8 Å². The minimum absolute atomic E-state index is 0.0305. The Balaban J connectivity index is 1.51. The smallest absolute Gasteiger partial charge is 0.416 e. The molecule has 6 rings (SSSR count). The van der Waals surface area contributed by atoms with Gasteiger partial charge in [0.25, 0.3) is 5.91 Å². The molecule has 1 atom stereocenters. The quantitative estimate of drug-likeness (QED) is 0.202. The maximum absolute atomic E-state index is 13.8. The third-order valence-corrected chi connectivity index (χ3v) is 7.05. The molecule has 1 amide bonds. The van der Waals surface area contributed by atoms with E-state index in [2.05, 4.69) is 0 Å². The van der Waals surface area contributed by atoms with Crippen LogP contribution in [0.15, 0.2) is 106 Å². The van der Waals surface area contributed by atoms with Crippen LogP contribution in [0, 0.1) is 0 Å². The van der Waals surface area contributed by atoms with E-state index in [1.165, 1.54) is 17.0 Å². The van der Waals surface area contributed by atoms with E-state index in [9.17, 15) is 22.8 Å². The van der Waals surface area contributed by atoms with Gasteiger partial charge >= 0.3 is 6.18 Å². The first-order valence-electron chi connectivity index (χ1n) is 13.3. The van der Waals surface area contributed by atoms with Crippen molar-refractivity contribution in [3.63, 3.8) is 0 Å². The zero-order chi connectivity index (χ0) is 29.4. The summed E-state index contributed by atoms with van der Waals surface area (Å²) in [7, 11) is 0. The summed E-state index contributed by atoms with van der Waals surface area (Å²) >= 11 is 0. The summed E-state index contributed by atoms with van der Waals surface area (Å²) in [4.78, 5) is 28.8. The molecule has 42 heavy (non-hydrogen) atoms. The van der Waals surface area contributed by atoms with Crippen molar-refractivity contribution in [2.75, 3.05) is 11.5 Å². The molecule has 0 N–H and O–H groups in total. The van der Waals surface area contributed by atoms with Gasteiger partial charge in [-0.05, 0) is 60.5 Å². The summed E-state index contributed by atoms with van der Waals surface area (Å²) in [6.45, 7) is 2.38. The number of halogens is 3.